The maximum atomic E-state index is 12.8. The van der Waals surface area contributed by atoms with Gasteiger partial charge in [0.25, 0.3) is 17.8 Å². The van der Waals surface area contributed by atoms with E-state index in [4.69, 9.17) is 25.5 Å². The fourth-order valence-electron chi connectivity index (χ4n) is 3.29. The molecule has 0 bridgehead atoms. The highest BCUT2D eigenvalue weighted by Crippen LogP contribution is 2.26. The van der Waals surface area contributed by atoms with Gasteiger partial charge in [0.05, 0.1) is 5.52 Å². The van der Waals surface area contributed by atoms with E-state index in [1.165, 1.54) is 4.70 Å². The fraction of sp³-hybridized carbons (Fsp3) is 0.120. The molecule has 0 saturated carbocycles. The summed E-state index contributed by atoms with van der Waals surface area (Å²) in [6.07, 6.45) is 1.58. The molecule has 0 aliphatic heterocycles. The van der Waals surface area contributed by atoms with E-state index in [0.29, 0.717) is 18.1 Å². The Hall–Kier alpha value is -5.04. The fourth-order valence-corrected chi connectivity index (χ4v) is 4.25. The van der Waals surface area contributed by atoms with Crippen molar-refractivity contribution < 1.29 is 24.6 Å². The number of hydrogen-bond donors (Lipinski definition) is 6. The number of carbonyl (C=O) groups excluding carboxylic acids is 1. The Balaban J connectivity index is 0.000000443. The lowest BCUT2D eigenvalue weighted by atomic mass is 10.1. The number of hydrogen-bond acceptors (Lipinski definition) is 9. The maximum Gasteiger partial charge on any atom is 0.300 e. The van der Waals surface area contributed by atoms with Gasteiger partial charge in [-0.2, -0.15) is 10.1 Å². The first-order valence-electron chi connectivity index (χ1n) is 11.1. The topological polar surface area (TPSA) is 196 Å². The van der Waals surface area contributed by atoms with Crippen LogP contribution in [0.1, 0.15) is 29.9 Å². The third-order valence-corrected chi connectivity index (χ3v) is 5.74. The predicted molar refractivity (Wildman–Crippen MR) is 145 cm³/mol. The van der Waals surface area contributed by atoms with Crippen molar-refractivity contribution in [1.29, 1.82) is 0 Å². The van der Waals surface area contributed by atoms with Crippen molar-refractivity contribution in [2.24, 2.45) is 0 Å². The second-order valence-corrected chi connectivity index (χ2v) is 8.65. The Morgan fingerprint density at radius 3 is 2.45 bits per heavy atom. The Kier molecular flexibility index (Phi) is 9.26. The molecule has 13 heteroatoms. The van der Waals surface area contributed by atoms with Crippen molar-refractivity contribution in [3.8, 4) is 0 Å². The molecule has 3 heterocycles. The maximum absolute atomic E-state index is 12.8. The Bertz CT molecular complexity index is 1560. The number of H-pyrrole nitrogens is 1. The molecule has 0 spiro atoms. The molecular formula is C25H25N7O5S. The number of nitrogen functional groups attached to an aromatic ring is 1. The predicted octanol–water partition coefficient (Wildman–Crippen LogP) is 4.01. The van der Waals surface area contributed by atoms with E-state index in [9.17, 15) is 4.79 Å². The molecule has 12 nitrogen and oxygen atoms in total. The van der Waals surface area contributed by atoms with Crippen LogP contribution in [-0.2, 0) is 16.1 Å². The summed E-state index contributed by atoms with van der Waals surface area (Å²) in [4.78, 5) is 38.8. The first-order chi connectivity index (χ1) is 18.1. The number of amides is 1. The molecule has 2 aromatic carbocycles. The molecule has 5 aromatic rings. The number of carboxylic acid groups (broad SMARTS) is 2. The summed E-state index contributed by atoms with van der Waals surface area (Å²) < 4.78 is 1.20. The standard InChI is InChI=1S/C21H17N7OS.2C2H4O2/c22-21-23-8-7-18(26-21)25-13-5-6-16-15(9-13)19(28-27-16)20(29)24-10-12-11-30-17-4-2-1-3-14(12)17;2*1-2(3)4/h1-9,11H,10H2,(H,24,29)(H,27,28)(H3,22,23,25,26);2*1H3,(H,3,4). The van der Waals surface area contributed by atoms with Crippen molar-refractivity contribution in [2.45, 2.75) is 20.4 Å². The lowest BCUT2D eigenvalue weighted by Crippen LogP contribution is -2.23. The summed E-state index contributed by atoms with van der Waals surface area (Å²) in [6, 6.07) is 15.5. The first kappa shape index (κ1) is 27.5. The lowest BCUT2D eigenvalue weighted by Gasteiger charge is -2.06. The number of anilines is 3. The number of nitrogens with two attached hydrogens (primary N) is 1. The summed E-state index contributed by atoms with van der Waals surface area (Å²) in [5.74, 6) is -1.15. The second-order valence-electron chi connectivity index (χ2n) is 7.74. The van der Waals surface area contributed by atoms with Crippen molar-refractivity contribution in [3.05, 3.63) is 71.4 Å². The van der Waals surface area contributed by atoms with Gasteiger partial charge in [-0.1, -0.05) is 18.2 Å². The number of thiophene rings is 1. The third kappa shape index (κ3) is 7.73. The smallest absolute Gasteiger partial charge is 0.300 e. The SMILES string of the molecule is CC(=O)O.CC(=O)O.Nc1nccc(Nc2ccc3[nH]nc(C(=O)NCc4csc5ccccc45)c3c2)n1. The number of carbonyl (C=O) groups is 3. The average molecular weight is 536 g/mol. The van der Waals surface area contributed by atoms with Gasteiger partial charge < -0.3 is 26.6 Å². The zero-order valence-electron chi connectivity index (χ0n) is 20.4. The number of rotatable bonds is 5. The highest BCUT2D eigenvalue weighted by atomic mass is 32.1. The molecule has 0 atom stereocenters. The number of nitrogens with one attached hydrogen (secondary N) is 3. The Labute approximate surface area is 220 Å². The van der Waals surface area contributed by atoms with Crippen LogP contribution in [0.3, 0.4) is 0 Å². The number of carboxylic acids is 2. The lowest BCUT2D eigenvalue weighted by molar-refractivity contribution is -0.135. The molecule has 0 unspecified atom stereocenters. The van der Waals surface area contributed by atoms with Gasteiger partial charge in [-0.15, -0.1) is 11.3 Å². The number of aromatic amines is 1. The van der Waals surface area contributed by atoms with Crippen LogP contribution < -0.4 is 16.4 Å². The van der Waals surface area contributed by atoms with Crippen LogP contribution in [0.25, 0.3) is 21.0 Å². The molecule has 3 aromatic heterocycles. The molecule has 5 rings (SSSR count). The van der Waals surface area contributed by atoms with E-state index in [1.807, 2.05) is 30.3 Å². The van der Waals surface area contributed by atoms with Crippen LogP contribution in [0, 0.1) is 0 Å². The van der Waals surface area contributed by atoms with Crippen LogP contribution in [0.4, 0.5) is 17.5 Å². The number of benzene rings is 2. The van der Waals surface area contributed by atoms with Crippen LogP contribution in [0.15, 0.2) is 60.1 Å². The molecule has 0 fully saturated rings. The summed E-state index contributed by atoms with van der Waals surface area (Å²) >= 11 is 1.67. The van der Waals surface area contributed by atoms with Gasteiger partial charge in [-0.25, -0.2) is 4.98 Å². The Morgan fingerprint density at radius 1 is 1.03 bits per heavy atom. The normalized spacial score (nSPS) is 10.1. The summed E-state index contributed by atoms with van der Waals surface area (Å²) in [7, 11) is 0. The van der Waals surface area contributed by atoms with Gasteiger partial charge in [0.2, 0.25) is 5.95 Å². The van der Waals surface area contributed by atoms with Crippen LogP contribution in [0.2, 0.25) is 0 Å². The van der Waals surface area contributed by atoms with E-state index in [-0.39, 0.29) is 11.9 Å². The van der Waals surface area contributed by atoms with Gasteiger partial charge >= 0.3 is 0 Å². The third-order valence-electron chi connectivity index (χ3n) is 4.73. The molecule has 0 saturated heterocycles. The minimum Gasteiger partial charge on any atom is -0.481 e. The van der Waals surface area contributed by atoms with Crippen molar-refractivity contribution in [3.63, 3.8) is 0 Å². The molecule has 0 aliphatic carbocycles. The van der Waals surface area contributed by atoms with E-state index in [2.05, 4.69) is 48.3 Å². The zero-order chi connectivity index (χ0) is 27.7. The van der Waals surface area contributed by atoms with Crippen molar-refractivity contribution in [1.82, 2.24) is 25.5 Å². The monoisotopic (exact) mass is 535 g/mol. The number of nitrogens with zero attached hydrogens (tertiary/aromatic N) is 3. The molecule has 7 N–H and O–H groups in total. The highest BCUT2D eigenvalue weighted by Gasteiger charge is 2.15. The van der Waals surface area contributed by atoms with Crippen molar-refractivity contribution in [2.75, 3.05) is 11.1 Å². The van der Waals surface area contributed by atoms with Crippen LogP contribution in [0.5, 0.6) is 0 Å². The molecule has 0 aliphatic rings. The van der Waals surface area contributed by atoms with Gasteiger partial charge in [0.1, 0.15) is 5.82 Å². The minimum atomic E-state index is -0.833. The molecule has 1 amide bonds. The quantitative estimate of drug-likeness (QED) is 0.191. The highest BCUT2D eigenvalue weighted by molar-refractivity contribution is 7.17. The number of aliphatic carboxylic acids is 2. The molecular weight excluding hydrogens is 510 g/mol. The number of fused-ring (bicyclic) bond motifs is 2. The van der Waals surface area contributed by atoms with Gasteiger partial charge in [0, 0.05) is 42.4 Å². The van der Waals surface area contributed by atoms with E-state index < -0.39 is 11.9 Å². The van der Waals surface area contributed by atoms with E-state index in [0.717, 1.165) is 41.4 Å². The molecule has 0 radical (unpaired) electrons. The van der Waals surface area contributed by atoms with Gasteiger partial charge in [0.15, 0.2) is 5.69 Å². The van der Waals surface area contributed by atoms with Gasteiger partial charge in [-0.3, -0.25) is 19.5 Å². The summed E-state index contributed by atoms with van der Waals surface area (Å²) in [5, 5.41) is 32.0. The van der Waals surface area contributed by atoms with Gasteiger partial charge in [-0.05, 0) is 46.7 Å². The summed E-state index contributed by atoms with van der Waals surface area (Å²) in [5.41, 5.74) is 8.60. The number of aromatic nitrogens is 4. The van der Waals surface area contributed by atoms with Crippen molar-refractivity contribution >= 4 is 67.6 Å². The largest absolute Gasteiger partial charge is 0.481 e. The molecule has 38 heavy (non-hydrogen) atoms. The minimum absolute atomic E-state index is 0.186. The second kappa shape index (κ2) is 12.8. The first-order valence-corrected chi connectivity index (χ1v) is 12.0. The van der Waals surface area contributed by atoms with Crippen LogP contribution in [-0.4, -0.2) is 48.2 Å². The summed E-state index contributed by atoms with van der Waals surface area (Å²) in [6.45, 7) is 2.61. The molecule has 196 valence electrons. The average Bonchev–Trinajstić information content (AvgIpc) is 3.46. The van der Waals surface area contributed by atoms with E-state index in [1.54, 1.807) is 23.6 Å². The van der Waals surface area contributed by atoms with Crippen LogP contribution >= 0.6 is 11.3 Å². The van der Waals surface area contributed by atoms with E-state index >= 15 is 0 Å². The Morgan fingerprint density at radius 2 is 1.74 bits per heavy atom. The zero-order valence-corrected chi connectivity index (χ0v) is 21.2.